The molecule has 0 aliphatic carbocycles. The highest BCUT2D eigenvalue weighted by molar-refractivity contribution is 9.13. The van der Waals surface area contributed by atoms with Crippen molar-refractivity contribution >= 4 is 56.7 Å². The monoisotopic (exact) mass is 518 g/mol. The highest BCUT2D eigenvalue weighted by Gasteiger charge is 2.46. The van der Waals surface area contributed by atoms with Crippen LogP contribution in [0.2, 0.25) is 0 Å². The Morgan fingerprint density at radius 1 is 1.21 bits per heavy atom. The first-order chi connectivity index (χ1) is 10.3. The van der Waals surface area contributed by atoms with Gasteiger partial charge in [-0.2, -0.15) is 13.2 Å². The van der Waals surface area contributed by atoms with E-state index in [0.717, 1.165) is 0 Å². The van der Waals surface area contributed by atoms with Crippen molar-refractivity contribution in [3.8, 4) is 11.5 Å². The largest absolute Gasteiger partial charge is 0.503 e. The van der Waals surface area contributed by atoms with Crippen molar-refractivity contribution in [2.45, 2.75) is 12.2 Å². The standard InChI is InChI=1S/C13H15Br2F3N2O2.2ClH/c1-22-8-6-7(9(14)10(15)11(8)21)12(13(16,17)18)20-4-2-19-3-5-20;;/h6,12,19,21H,2-5H2,1H3;2*1H/t12-;;/m0../s1. The predicted molar refractivity (Wildman–Crippen MR) is 97.8 cm³/mol. The molecule has 0 aromatic heterocycles. The zero-order chi connectivity index (χ0) is 16.5. The number of piperazine rings is 1. The Labute approximate surface area is 167 Å². The molecule has 1 aromatic carbocycles. The van der Waals surface area contributed by atoms with Gasteiger partial charge in [-0.05, 0) is 43.5 Å². The molecule has 0 amide bonds. The Balaban J connectivity index is 0.00000264. The summed E-state index contributed by atoms with van der Waals surface area (Å²) < 4.78 is 46.2. The summed E-state index contributed by atoms with van der Waals surface area (Å²) >= 11 is 6.25. The molecule has 1 fully saturated rings. The quantitative estimate of drug-likeness (QED) is 0.624. The van der Waals surface area contributed by atoms with Gasteiger partial charge in [-0.3, -0.25) is 4.90 Å². The van der Waals surface area contributed by atoms with Crippen LogP contribution in [0.5, 0.6) is 11.5 Å². The van der Waals surface area contributed by atoms with Gasteiger partial charge in [0.25, 0.3) is 0 Å². The molecular formula is C13H17Br2Cl2F3N2O2. The summed E-state index contributed by atoms with van der Waals surface area (Å²) in [6, 6.07) is -0.542. The van der Waals surface area contributed by atoms with E-state index in [0.29, 0.717) is 13.1 Å². The van der Waals surface area contributed by atoms with Crippen LogP contribution in [0.1, 0.15) is 11.6 Å². The molecule has 1 aliphatic rings. The number of halogens is 7. The van der Waals surface area contributed by atoms with Crippen molar-refractivity contribution < 1.29 is 23.0 Å². The number of methoxy groups -OCH3 is 1. The molecular weight excluding hydrogens is 504 g/mol. The van der Waals surface area contributed by atoms with Crippen molar-refractivity contribution in [3.05, 3.63) is 20.6 Å². The third-order valence-corrected chi connectivity index (χ3v) is 5.67. The van der Waals surface area contributed by atoms with E-state index < -0.39 is 12.2 Å². The minimum absolute atomic E-state index is 0. The topological polar surface area (TPSA) is 44.7 Å². The van der Waals surface area contributed by atoms with Crippen LogP contribution in [0.25, 0.3) is 0 Å². The SMILES string of the molecule is COc1cc([C@H](N2CCNCC2)C(F)(F)F)c(Br)c(Br)c1O.Cl.Cl. The molecule has 0 unspecified atom stereocenters. The van der Waals surface area contributed by atoms with E-state index in [1.807, 2.05) is 0 Å². The Kier molecular flexibility index (Phi) is 9.71. The number of nitrogens with one attached hydrogen (secondary N) is 1. The van der Waals surface area contributed by atoms with Gasteiger partial charge in [0, 0.05) is 30.7 Å². The van der Waals surface area contributed by atoms with E-state index in [1.165, 1.54) is 18.1 Å². The second-order valence-corrected chi connectivity index (χ2v) is 6.46. The maximum absolute atomic E-state index is 13.6. The van der Waals surface area contributed by atoms with Crippen LogP contribution in [0.3, 0.4) is 0 Å². The van der Waals surface area contributed by atoms with Crippen LogP contribution in [0, 0.1) is 0 Å². The highest BCUT2D eigenvalue weighted by Crippen LogP contribution is 2.48. The molecule has 2 rings (SSSR count). The third-order valence-electron chi connectivity index (χ3n) is 3.52. The number of phenols is 1. The molecule has 11 heteroatoms. The molecule has 24 heavy (non-hydrogen) atoms. The number of benzene rings is 1. The van der Waals surface area contributed by atoms with E-state index in [2.05, 4.69) is 37.2 Å². The van der Waals surface area contributed by atoms with Gasteiger partial charge < -0.3 is 15.2 Å². The van der Waals surface area contributed by atoms with Gasteiger partial charge in [0.2, 0.25) is 0 Å². The number of alkyl halides is 3. The number of rotatable bonds is 3. The molecule has 2 N–H and O–H groups in total. The normalized spacial score (nSPS) is 16.8. The van der Waals surface area contributed by atoms with Gasteiger partial charge >= 0.3 is 6.18 Å². The zero-order valence-corrected chi connectivity index (χ0v) is 17.3. The van der Waals surface area contributed by atoms with Crippen LogP contribution in [-0.4, -0.2) is 49.5 Å². The van der Waals surface area contributed by atoms with E-state index >= 15 is 0 Å². The van der Waals surface area contributed by atoms with E-state index in [1.54, 1.807) is 0 Å². The molecule has 4 nitrogen and oxygen atoms in total. The Bertz CT molecular complexity index is 559. The summed E-state index contributed by atoms with van der Waals surface area (Å²) in [6.45, 7) is 1.58. The Morgan fingerprint density at radius 3 is 2.21 bits per heavy atom. The fraction of sp³-hybridized carbons (Fsp3) is 0.538. The van der Waals surface area contributed by atoms with Crippen LogP contribution in [0.15, 0.2) is 15.0 Å². The molecule has 1 heterocycles. The molecule has 140 valence electrons. The fourth-order valence-corrected chi connectivity index (χ4v) is 3.43. The van der Waals surface area contributed by atoms with Gasteiger partial charge in [0.1, 0.15) is 6.04 Å². The number of ether oxygens (including phenoxy) is 1. The van der Waals surface area contributed by atoms with Gasteiger partial charge in [-0.1, -0.05) is 0 Å². The van der Waals surface area contributed by atoms with Crippen molar-refractivity contribution in [3.63, 3.8) is 0 Å². The summed E-state index contributed by atoms with van der Waals surface area (Å²) in [5.74, 6) is -0.242. The van der Waals surface area contributed by atoms with Gasteiger partial charge in [-0.15, -0.1) is 24.8 Å². The average Bonchev–Trinajstić information content (AvgIpc) is 2.47. The van der Waals surface area contributed by atoms with Crippen LogP contribution in [0.4, 0.5) is 13.2 Å². The fourth-order valence-electron chi connectivity index (χ4n) is 2.49. The molecule has 1 aromatic rings. The number of phenolic OH excluding ortho intramolecular Hbond substituents is 1. The zero-order valence-electron chi connectivity index (χ0n) is 12.5. The highest BCUT2D eigenvalue weighted by atomic mass is 79.9. The van der Waals surface area contributed by atoms with Crippen LogP contribution < -0.4 is 10.1 Å². The van der Waals surface area contributed by atoms with E-state index in [-0.39, 0.29) is 63.9 Å². The van der Waals surface area contributed by atoms with Crippen LogP contribution >= 0.6 is 56.7 Å². The predicted octanol–water partition coefficient (Wildman–Crippen LogP) is 4.28. The summed E-state index contributed by atoms with van der Waals surface area (Å²) in [5.41, 5.74) is 0.0101. The summed E-state index contributed by atoms with van der Waals surface area (Å²) in [7, 11) is 1.30. The lowest BCUT2D eigenvalue weighted by molar-refractivity contribution is -0.188. The molecule has 1 aliphatic heterocycles. The maximum Gasteiger partial charge on any atom is 0.408 e. The first kappa shape index (κ1) is 24.1. The average molecular weight is 521 g/mol. The number of aromatic hydroxyl groups is 1. The molecule has 0 saturated carbocycles. The number of hydrogen-bond acceptors (Lipinski definition) is 4. The maximum atomic E-state index is 13.6. The minimum atomic E-state index is -4.44. The lowest BCUT2D eigenvalue weighted by atomic mass is 10.0. The summed E-state index contributed by atoms with van der Waals surface area (Å²) in [5, 5.41) is 12.9. The van der Waals surface area contributed by atoms with Crippen molar-refractivity contribution in [1.82, 2.24) is 10.2 Å². The summed E-state index contributed by atoms with van der Waals surface area (Å²) in [4.78, 5) is 1.37. The smallest absolute Gasteiger partial charge is 0.408 e. The lowest BCUT2D eigenvalue weighted by Crippen LogP contribution is -2.49. The summed E-state index contributed by atoms with van der Waals surface area (Å²) in [6.07, 6.45) is -4.44. The van der Waals surface area contributed by atoms with E-state index in [9.17, 15) is 18.3 Å². The first-order valence-corrected chi connectivity index (χ1v) is 8.12. The first-order valence-electron chi connectivity index (χ1n) is 6.53. The Hall–Kier alpha value is 0.0700. The Morgan fingerprint density at radius 2 is 1.75 bits per heavy atom. The van der Waals surface area contributed by atoms with Crippen molar-refractivity contribution in [2.75, 3.05) is 33.3 Å². The molecule has 1 saturated heterocycles. The van der Waals surface area contributed by atoms with Crippen LogP contribution in [-0.2, 0) is 0 Å². The second-order valence-electron chi connectivity index (χ2n) is 4.87. The molecule has 1 atom stereocenters. The minimum Gasteiger partial charge on any atom is -0.503 e. The third kappa shape index (κ3) is 5.04. The van der Waals surface area contributed by atoms with Gasteiger partial charge in [-0.25, -0.2) is 0 Å². The van der Waals surface area contributed by atoms with Crippen molar-refractivity contribution in [2.24, 2.45) is 0 Å². The molecule has 0 spiro atoms. The second kappa shape index (κ2) is 9.68. The van der Waals surface area contributed by atoms with Gasteiger partial charge in [0.05, 0.1) is 11.6 Å². The molecule has 0 radical (unpaired) electrons. The van der Waals surface area contributed by atoms with Gasteiger partial charge in [0.15, 0.2) is 11.5 Å². The number of hydrogen-bond donors (Lipinski definition) is 2. The number of nitrogens with zero attached hydrogens (tertiary/aromatic N) is 1. The van der Waals surface area contributed by atoms with E-state index in [4.69, 9.17) is 4.74 Å². The molecule has 0 bridgehead atoms. The lowest BCUT2D eigenvalue weighted by Gasteiger charge is -2.36. The van der Waals surface area contributed by atoms with Crippen molar-refractivity contribution in [1.29, 1.82) is 0 Å².